The summed E-state index contributed by atoms with van der Waals surface area (Å²) in [5.41, 5.74) is 0. The molecule has 1 N–H and O–H groups in total. The van der Waals surface area contributed by atoms with Gasteiger partial charge < -0.3 is 0 Å². The third kappa shape index (κ3) is 3.24. The molecule has 10 heteroatoms. The van der Waals surface area contributed by atoms with Crippen LogP contribution in [-0.2, 0) is 10.0 Å². The number of nitrogens with one attached hydrogen (secondary N) is 1. The fraction of sp³-hybridized carbons (Fsp3) is 0. The van der Waals surface area contributed by atoms with E-state index in [-0.39, 0.29) is 26.0 Å². The molecule has 0 saturated carbocycles. The first-order valence-electron chi connectivity index (χ1n) is 4.70. The van der Waals surface area contributed by atoms with Gasteiger partial charge in [-0.3, -0.25) is 4.72 Å². The average Bonchev–Trinajstić information content (AvgIpc) is 2.35. The smallest absolute Gasteiger partial charge is 0.262 e. The average molecular weight is 340 g/mol. The molecule has 0 atom stereocenters. The van der Waals surface area contributed by atoms with Crippen LogP contribution in [0.4, 0.5) is 5.82 Å². The van der Waals surface area contributed by atoms with Crippen LogP contribution in [0.5, 0.6) is 0 Å². The molecule has 19 heavy (non-hydrogen) atoms. The topological polar surface area (TPSA) is 84.8 Å². The van der Waals surface area contributed by atoms with Gasteiger partial charge in [-0.1, -0.05) is 34.8 Å². The van der Waals surface area contributed by atoms with Gasteiger partial charge in [-0.05, 0) is 12.1 Å². The van der Waals surface area contributed by atoms with Gasteiger partial charge in [0.2, 0.25) is 0 Å². The monoisotopic (exact) mass is 338 g/mol. The summed E-state index contributed by atoms with van der Waals surface area (Å²) in [5, 5.41) is 0.0420. The summed E-state index contributed by atoms with van der Waals surface area (Å²) >= 11 is 17.0. The minimum Gasteiger partial charge on any atom is -0.262 e. The van der Waals surface area contributed by atoms with Gasteiger partial charge in [0.15, 0.2) is 11.0 Å². The first kappa shape index (κ1) is 14.3. The van der Waals surface area contributed by atoms with Crippen LogP contribution in [0, 0.1) is 0 Å². The Labute approximate surface area is 123 Å². The van der Waals surface area contributed by atoms with Crippen molar-refractivity contribution < 1.29 is 8.42 Å². The maximum atomic E-state index is 12.0. The molecule has 0 radical (unpaired) electrons. The van der Waals surface area contributed by atoms with Gasteiger partial charge >= 0.3 is 0 Å². The summed E-state index contributed by atoms with van der Waals surface area (Å²) in [6, 6.07) is 2.65. The lowest BCUT2D eigenvalue weighted by Crippen LogP contribution is -2.14. The normalized spacial score (nSPS) is 11.3. The fourth-order valence-electron chi connectivity index (χ4n) is 1.13. The predicted octanol–water partition coefficient (Wildman–Crippen LogP) is 2.63. The quantitative estimate of drug-likeness (QED) is 0.686. The van der Waals surface area contributed by atoms with E-state index >= 15 is 0 Å². The highest BCUT2D eigenvalue weighted by Crippen LogP contribution is 2.27. The van der Waals surface area contributed by atoms with Crippen molar-refractivity contribution in [1.29, 1.82) is 0 Å². The van der Waals surface area contributed by atoms with Gasteiger partial charge in [-0.25, -0.2) is 23.4 Å². The first-order chi connectivity index (χ1) is 8.90. The van der Waals surface area contributed by atoms with E-state index in [0.717, 1.165) is 12.5 Å². The van der Waals surface area contributed by atoms with E-state index < -0.39 is 10.0 Å². The van der Waals surface area contributed by atoms with Crippen molar-refractivity contribution in [2.45, 2.75) is 4.90 Å². The van der Waals surface area contributed by atoms with Crippen molar-refractivity contribution in [3.05, 3.63) is 40.0 Å². The zero-order valence-electron chi connectivity index (χ0n) is 9.01. The van der Waals surface area contributed by atoms with Gasteiger partial charge in [0.25, 0.3) is 10.0 Å². The van der Waals surface area contributed by atoms with E-state index in [9.17, 15) is 8.42 Å². The van der Waals surface area contributed by atoms with Crippen LogP contribution in [-0.4, -0.2) is 23.4 Å². The van der Waals surface area contributed by atoms with Crippen LogP contribution < -0.4 is 4.72 Å². The minimum absolute atomic E-state index is 0.0522. The Kier molecular flexibility index (Phi) is 4.10. The largest absolute Gasteiger partial charge is 0.264 e. The molecule has 100 valence electrons. The summed E-state index contributed by atoms with van der Waals surface area (Å²) in [6.07, 6.45) is 2.20. The van der Waals surface area contributed by atoms with Crippen LogP contribution in [0.15, 0.2) is 29.6 Å². The fourth-order valence-corrected chi connectivity index (χ4v) is 2.54. The number of hydrogen-bond acceptors (Lipinski definition) is 5. The predicted molar refractivity (Wildman–Crippen MR) is 72.1 cm³/mol. The van der Waals surface area contributed by atoms with Crippen LogP contribution in [0.3, 0.4) is 0 Å². The number of halogens is 3. The Morgan fingerprint density at radius 1 is 1.05 bits per heavy atom. The van der Waals surface area contributed by atoms with E-state index in [1.54, 1.807) is 0 Å². The highest BCUT2D eigenvalue weighted by atomic mass is 35.5. The van der Waals surface area contributed by atoms with Crippen molar-refractivity contribution in [3.63, 3.8) is 0 Å². The van der Waals surface area contributed by atoms with Gasteiger partial charge in [-0.2, -0.15) is 0 Å². The molecule has 0 fully saturated rings. The van der Waals surface area contributed by atoms with Crippen molar-refractivity contribution in [3.8, 4) is 0 Å². The van der Waals surface area contributed by atoms with Gasteiger partial charge in [0.1, 0.15) is 21.4 Å². The van der Waals surface area contributed by atoms with Crippen LogP contribution in [0.2, 0.25) is 15.3 Å². The number of hydrogen-bond donors (Lipinski definition) is 1. The molecule has 0 spiro atoms. The lowest BCUT2D eigenvalue weighted by Gasteiger charge is -2.08. The summed E-state index contributed by atoms with van der Waals surface area (Å²) in [6.45, 7) is 0. The first-order valence-corrected chi connectivity index (χ1v) is 7.32. The van der Waals surface area contributed by atoms with E-state index in [1.807, 2.05) is 0 Å². The summed E-state index contributed by atoms with van der Waals surface area (Å²) in [7, 11) is -3.87. The van der Waals surface area contributed by atoms with E-state index in [4.69, 9.17) is 34.8 Å². The van der Waals surface area contributed by atoms with Gasteiger partial charge in [0.05, 0.1) is 0 Å². The van der Waals surface area contributed by atoms with Crippen LogP contribution >= 0.6 is 34.8 Å². The molecule has 0 bridgehead atoms. The number of pyridine rings is 1. The number of aromatic nitrogens is 3. The molecule has 0 unspecified atom stereocenters. The molecule has 2 heterocycles. The zero-order chi connectivity index (χ0) is 14.0. The van der Waals surface area contributed by atoms with E-state index in [2.05, 4.69) is 19.7 Å². The molecule has 0 saturated heterocycles. The van der Waals surface area contributed by atoms with Gasteiger partial charge in [0, 0.05) is 6.20 Å². The molecule has 0 aliphatic carbocycles. The van der Waals surface area contributed by atoms with Crippen LogP contribution in [0.1, 0.15) is 0 Å². The van der Waals surface area contributed by atoms with Crippen molar-refractivity contribution in [1.82, 2.24) is 15.0 Å². The second-order valence-corrected chi connectivity index (χ2v) is 6.05. The number of rotatable bonds is 3. The Morgan fingerprint density at radius 3 is 2.42 bits per heavy atom. The van der Waals surface area contributed by atoms with Gasteiger partial charge in [-0.15, -0.1) is 0 Å². The molecule has 2 rings (SSSR count). The Bertz CT molecular complexity index is 706. The van der Waals surface area contributed by atoms with E-state index in [1.165, 1.54) is 12.1 Å². The molecule has 6 nitrogen and oxygen atoms in total. The maximum absolute atomic E-state index is 12.0. The Balaban J connectivity index is 2.36. The summed E-state index contributed by atoms with van der Waals surface area (Å²) < 4.78 is 26.2. The van der Waals surface area contributed by atoms with Crippen molar-refractivity contribution in [2.75, 3.05) is 4.72 Å². The minimum atomic E-state index is -3.87. The highest BCUT2D eigenvalue weighted by Gasteiger charge is 2.18. The standard InChI is InChI=1S/C9H5Cl3N4O2S/c10-6-2-1-5(3-13-6)19(17,18)16-9-7(11)8(12)14-4-15-9/h1-4H,(H,14,15,16). The van der Waals surface area contributed by atoms with Crippen molar-refractivity contribution >= 4 is 50.6 Å². The highest BCUT2D eigenvalue weighted by molar-refractivity contribution is 7.92. The lowest BCUT2D eigenvalue weighted by molar-refractivity contribution is 0.600. The van der Waals surface area contributed by atoms with Crippen molar-refractivity contribution in [2.24, 2.45) is 0 Å². The SMILES string of the molecule is O=S(=O)(Nc1ncnc(Cl)c1Cl)c1ccc(Cl)nc1. The third-order valence-electron chi connectivity index (χ3n) is 1.99. The van der Waals surface area contributed by atoms with Crippen LogP contribution in [0.25, 0.3) is 0 Å². The third-order valence-corrected chi connectivity index (χ3v) is 4.28. The number of anilines is 1. The summed E-state index contributed by atoms with van der Waals surface area (Å²) in [5.74, 6) is -0.114. The molecular formula is C9H5Cl3N4O2S. The molecule has 0 amide bonds. The molecule has 0 aliphatic rings. The van der Waals surface area contributed by atoms with E-state index in [0.29, 0.717) is 0 Å². The Hall–Kier alpha value is -1.15. The maximum Gasteiger partial charge on any atom is 0.264 e. The second-order valence-electron chi connectivity index (χ2n) is 3.25. The Morgan fingerprint density at radius 2 is 1.79 bits per heavy atom. The number of sulfonamides is 1. The molecule has 0 aromatic carbocycles. The molecule has 0 aliphatic heterocycles. The molecular weight excluding hydrogens is 335 g/mol. The lowest BCUT2D eigenvalue weighted by atomic mass is 10.5. The second kappa shape index (κ2) is 5.46. The molecule has 2 aromatic heterocycles. The molecule has 2 aromatic rings. The number of nitrogens with zero attached hydrogens (tertiary/aromatic N) is 3. The summed E-state index contributed by atoms with van der Waals surface area (Å²) in [4.78, 5) is 10.9. The zero-order valence-corrected chi connectivity index (χ0v) is 12.1.